The maximum atomic E-state index is 11.0. The summed E-state index contributed by atoms with van der Waals surface area (Å²) in [5, 5.41) is 2.79. The number of para-hydroxylation sites is 2. The second-order valence-corrected chi connectivity index (χ2v) is 4.95. The van der Waals surface area contributed by atoms with Gasteiger partial charge in [-0.05, 0) is 12.1 Å². The number of hydrogen-bond donors (Lipinski definition) is 2. The van der Waals surface area contributed by atoms with E-state index < -0.39 is 0 Å². The average molecular weight is 274 g/mol. The van der Waals surface area contributed by atoms with Crippen molar-refractivity contribution in [3.8, 4) is 0 Å². The molecule has 0 aliphatic carbocycles. The van der Waals surface area contributed by atoms with E-state index in [4.69, 9.17) is 4.74 Å². The first-order chi connectivity index (χ1) is 9.72. The highest BCUT2D eigenvalue weighted by Crippen LogP contribution is 2.19. The number of imidazole rings is 1. The third kappa shape index (κ3) is 2.75. The number of benzene rings is 1. The number of ether oxygens (including phenoxy) is 1. The number of amides is 1. The summed E-state index contributed by atoms with van der Waals surface area (Å²) in [7, 11) is 0. The molecule has 6 nitrogen and oxygen atoms in total. The van der Waals surface area contributed by atoms with Gasteiger partial charge in [-0.25, -0.2) is 4.98 Å². The summed E-state index contributed by atoms with van der Waals surface area (Å²) in [6.45, 7) is 4.21. The minimum atomic E-state index is -0.0329. The van der Waals surface area contributed by atoms with Crippen molar-refractivity contribution in [3.05, 3.63) is 24.3 Å². The van der Waals surface area contributed by atoms with Gasteiger partial charge in [-0.1, -0.05) is 12.1 Å². The summed E-state index contributed by atoms with van der Waals surface area (Å²) in [5.74, 6) is 0.830. The van der Waals surface area contributed by atoms with Crippen LogP contribution in [0.25, 0.3) is 11.0 Å². The topological polar surface area (TPSA) is 70.2 Å². The Kier molecular flexibility index (Phi) is 3.56. The Hall–Kier alpha value is -2.08. The van der Waals surface area contributed by atoms with E-state index in [1.807, 2.05) is 24.3 Å². The Bertz CT molecular complexity index is 577. The molecule has 0 radical (unpaired) electrons. The molecule has 1 fully saturated rings. The van der Waals surface area contributed by atoms with Gasteiger partial charge >= 0.3 is 0 Å². The SMILES string of the molecule is CC(=O)NC[C@@H]1CN(c2nc3ccccc3[nH]2)CCO1. The molecular formula is C14H18N4O2. The van der Waals surface area contributed by atoms with E-state index in [-0.39, 0.29) is 12.0 Å². The minimum absolute atomic E-state index is 0.000798. The standard InChI is InChI=1S/C14H18N4O2/c1-10(19)15-8-11-9-18(6-7-20-11)14-16-12-4-2-3-5-13(12)17-14/h2-5,11H,6-9H2,1H3,(H,15,19)(H,16,17)/t11-/m1/s1. The third-order valence-corrected chi connectivity index (χ3v) is 3.39. The van der Waals surface area contributed by atoms with E-state index in [2.05, 4.69) is 20.2 Å². The van der Waals surface area contributed by atoms with Gasteiger partial charge in [0, 0.05) is 26.6 Å². The van der Waals surface area contributed by atoms with Crippen LogP contribution >= 0.6 is 0 Å². The Balaban J connectivity index is 1.71. The number of aromatic nitrogens is 2. The fourth-order valence-corrected chi connectivity index (χ4v) is 2.38. The van der Waals surface area contributed by atoms with E-state index >= 15 is 0 Å². The zero-order valence-electron chi connectivity index (χ0n) is 11.4. The number of morpholine rings is 1. The lowest BCUT2D eigenvalue weighted by atomic mass is 10.3. The summed E-state index contributed by atoms with van der Waals surface area (Å²) < 4.78 is 5.66. The van der Waals surface area contributed by atoms with Gasteiger partial charge in [-0.3, -0.25) is 4.79 Å². The number of fused-ring (bicyclic) bond motifs is 1. The number of anilines is 1. The van der Waals surface area contributed by atoms with E-state index in [1.165, 1.54) is 6.92 Å². The smallest absolute Gasteiger partial charge is 0.216 e. The molecular weight excluding hydrogens is 256 g/mol. The summed E-state index contributed by atoms with van der Waals surface area (Å²) >= 11 is 0. The van der Waals surface area contributed by atoms with Gasteiger partial charge < -0.3 is 19.9 Å². The van der Waals surface area contributed by atoms with Gasteiger partial charge in [-0.2, -0.15) is 0 Å². The number of rotatable bonds is 3. The normalized spacial score (nSPS) is 19.2. The highest BCUT2D eigenvalue weighted by molar-refractivity contribution is 5.77. The lowest BCUT2D eigenvalue weighted by Crippen LogP contribution is -2.47. The van der Waals surface area contributed by atoms with Crippen molar-refractivity contribution in [2.45, 2.75) is 13.0 Å². The van der Waals surface area contributed by atoms with Crippen molar-refractivity contribution in [2.75, 3.05) is 31.1 Å². The van der Waals surface area contributed by atoms with Crippen LogP contribution in [0.5, 0.6) is 0 Å². The fourth-order valence-electron chi connectivity index (χ4n) is 2.38. The second-order valence-electron chi connectivity index (χ2n) is 4.95. The van der Waals surface area contributed by atoms with Gasteiger partial charge in [0.2, 0.25) is 11.9 Å². The molecule has 3 rings (SSSR count). The Morgan fingerprint density at radius 2 is 2.40 bits per heavy atom. The van der Waals surface area contributed by atoms with Crippen LogP contribution in [-0.4, -0.2) is 48.2 Å². The largest absolute Gasteiger partial charge is 0.373 e. The van der Waals surface area contributed by atoms with Crippen LogP contribution in [0, 0.1) is 0 Å². The first-order valence-electron chi connectivity index (χ1n) is 6.78. The zero-order valence-corrected chi connectivity index (χ0v) is 11.4. The van der Waals surface area contributed by atoms with Crippen LogP contribution < -0.4 is 10.2 Å². The van der Waals surface area contributed by atoms with Gasteiger partial charge in [0.15, 0.2) is 0 Å². The van der Waals surface area contributed by atoms with Crippen LogP contribution in [0.4, 0.5) is 5.95 Å². The van der Waals surface area contributed by atoms with Crippen LogP contribution in [0.1, 0.15) is 6.92 Å². The minimum Gasteiger partial charge on any atom is -0.373 e. The van der Waals surface area contributed by atoms with E-state index in [0.717, 1.165) is 30.1 Å². The molecule has 1 aliphatic heterocycles. The van der Waals surface area contributed by atoms with Crippen molar-refractivity contribution in [1.29, 1.82) is 0 Å². The van der Waals surface area contributed by atoms with Crippen LogP contribution in [0.15, 0.2) is 24.3 Å². The number of carbonyl (C=O) groups is 1. The van der Waals surface area contributed by atoms with Crippen LogP contribution in [0.2, 0.25) is 0 Å². The lowest BCUT2D eigenvalue weighted by molar-refractivity contribution is -0.119. The van der Waals surface area contributed by atoms with Crippen molar-refractivity contribution < 1.29 is 9.53 Å². The van der Waals surface area contributed by atoms with E-state index in [0.29, 0.717) is 13.2 Å². The maximum Gasteiger partial charge on any atom is 0.216 e. The Morgan fingerprint density at radius 1 is 1.55 bits per heavy atom. The quantitative estimate of drug-likeness (QED) is 0.872. The predicted molar refractivity (Wildman–Crippen MR) is 76.7 cm³/mol. The van der Waals surface area contributed by atoms with E-state index in [1.54, 1.807) is 0 Å². The highest BCUT2D eigenvalue weighted by atomic mass is 16.5. The molecule has 1 atom stereocenters. The molecule has 0 saturated carbocycles. The molecule has 0 unspecified atom stereocenters. The first kappa shape index (κ1) is 12.9. The molecule has 1 saturated heterocycles. The fraction of sp³-hybridized carbons (Fsp3) is 0.429. The average Bonchev–Trinajstić information content (AvgIpc) is 2.89. The number of H-pyrrole nitrogens is 1. The molecule has 2 aromatic rings. The molecule has 0 spiro atoms. The number of hydrogen-bond acceptors (Lipinski definition) is 4. The van der Waals surface area contributed by atoms with Crippen molar-refractivity contribution >= 4 is 22.9 Å². The monoisotopic (exact) mass is 274 g/mol. The molecule has 6 heteroatoms. The number of nitrogens with zero attached hydrogens (tertiary/aromatic N) is 2. The third-order valence-electron chi connectivity index (χ3n) is 3.39. The van der Waals surface area contributed by atoms with Gasteiger partial charge in [0.05, 0.1) is 23.7 Å². The number of aromatic amines is 1. The molecule has 1 amide bonds. The lowest BCUT2D eigenvalue weighted by Gasteiger charge is -2.32. The summed E-state index contributed by atoms with van der Waals surface area (Å²) in [6.07, 6.45) is 0.000798. The van der Waals surface area contributed by atoms with Gasteiger partial charge in [0.25, 0.3) is 0 Å². The van der Waals surface area contributed by atoms with Crippen LogP contribution in [-0.2, 0) is 9.53 Å². The molecule has 2 N–H and O–H groups in total. The molecule has 2 heterocycles. The molecule has 0 bridgehead atoms. The Labute approximate surface area is 117 Å². The van der Waals surface area contributed by atoms with Crippen molar-refractivity contribution in [1.82, 2.24) is 15.3 Å². The number of carbonyl (C=O) groups excluding carboxylic acids is 1. The van der Waals surface area contributed by atoms with Crippen molar-refractivity contribution in [3.63, 3.8) is 0 Å². The molecule has 1 aromatic heterocycles. The summed E-state index contributed by atoms with van der Waals surface area (Å²) in [5.41, 5.74) is 2.00. The summed E-state index contributed by atoms with van der Waals surface area (Å²) in [4.78, 5) is 21.0. The van der Waals surface area contributed by atoms with Gasteiger partial charge in [-0.15, -0.1) is 0 Å². The molecule has 1 aromatic carbocycles. The highest BCUT2D eigenvalue weighted by Gasteiger charge is 2.22. The second kappa shape index (κ2) is 5.50. The number of nitrogens with one attached hydrogen (secondary N) is 2. The van der Waals surface area contributed by atoms with E-state index in [9.17, 15) is 4.79 Å². The molecule has 106 valence electrons. The summed E-state index contributed by atoms with van der Waals surface area (Å²) in [6, 6.07) is 7.97. The Morgan fingerprint density at radius 3 is 3.20 bits per heavy atom. The zero-order chi connectivity index (χ0) is 13.9. The van der Waals surface area contributed by atoms with Gasteiger partial charge in [0.1, 0.15) is 0 Å². The molecule has 1 aliphatic rings. The first-order valence-corrected chi connectivity index (χ1v) is 6.78. The van der Waals surface area contributed by atoms with Crippen LogP contribution in [0.3, 0.4) is 0 Å². The van der Waals surface area contributed by atoms with Crippen molar-refractivity contribution in [2.24, 2.45) is 0 Å². The molecule has 20 heavy (non-hydrogen) atoms. The maximum absolute atomic E-state index is 11.0. The predicted octanol–water partition coefficient (Wildman–Crippen LogP) is 0.904.